The molecule has 0 fully saturated rings. The minimum Gasteiger partial charge on any atom is -0.204 e. The van der Waals surface area contributed by atoms with Crippen LogP contribution in [0.4, 0.5) is 8.78 Å². The first-order valence-electron chi connectivity index (χ1n) is 3.39. The molecule has 0 heterocycles. The standard InChI is InChI=1S/C9H9F2/c1-6(2)7-3-4-8(10)9(11)5-7/h3-6H,1H2,2H3. The van der Waals surface area contributed by atoms with Gasteiger partial charge in [0.2, 0.25) is 0 Å². The van der Waals surface area contributed by atoms with E-state index in [2.05, 4.69) is 6.92 Å². The molecule has 0 aromatic heterocycles. The first-order valence-corrected chi connectivity index (χ1v) is 3.39. The van der Waals surface area contributed by atoms with Gasteiger partial charge in [0.1, 0.15) is 0 Å². The molecular weight excluding hydrogens is 146 g/mol. The Balaban J connectivity index is 3.05. The average Bonchev–Trinajstić information content (AvgIpc) is 1.94. The van der Waals surface area contributed by atoms with Gasteiger partial charge in [0.05, 0.1) is 0 Å². The zero-order valence-electron chi connectivity index (χ0n) is 6.27. The van der Waals surface area contributed by atoms with E-state index in [1.165, 1.54) is 12.1 Å². The van der Waals surface area contributed by atoms with Crippen LogP contribution < -0.4 is 0 Å². The maximum atomic E-state index is 12.5. The van der Waals surface area contributed by atoms with Crippen LogP contribution >= 0.6 is 0 Å². The summed E-state index contributed by atoms with van der Waals surface area (Å²) in [6.07, 6.45) is 0. The lowest BCUT2D eigenvalue weighted by Gasteiger charge is -2.03. The van der Waals surface area contributed by atoms with Gasteiger partial charge in [0.25, 0.3) is 0 Å². The van der Waals surface area contributed by atoms with Gasteiger partial charge in [0.15, 0.2) is 11.6 Å². The Hall–Kier alpha value is -0.920. The van der Waals surface area contributed by atoms with Gasteiger partial charge in [-0.2, -0.15) is 0 Å². The minimum absolute atomic E-state index is 0.00917. The van der Waals surface area contributed by atoms with Crippen molar-refractivity contribution in [3.05, 3.63) is 42.3 Å². The molecule has 1 aromatic carbocycles. The van der Waals surface area contributed by atoms with Crippen LogP contribution in [0.15, 0.2) is 18.2 Å². The largest absolute Gasteiger partial charge is 0.204 e. The van der Waals surface area contributed by atoms with E-state index in [1.54, 1.807) is 0 Å². The number of hydrogen-bond donors (Lipinski definition) is 0. The Morgan fingerprint density at radius 3 is 2.36 bits per heavy atom. The topological polar surface area (TPSA) is 0 Å². The fourth-order valence-corrected chi connectivity index (χ4v) is 0.819. The predicted molar refractivity (Wildman–Crippen MR) is 40.1 cm³/mol. The monoisotopic (exact) mass is 155 g/mol. The maximum Gasteiger partial charge on any atom is 0.159 e. The van der Waals surface area contributed by atoms with Gasteiger partial charge < -0.3 is 0 Å². The predicted octanol–water partition coefficient (Wildman–Crippen LogP) is 2.90. The molecule has 0 amide bonds. The second-order valence-electron chi connectivity index (χ2n) is 2.57. The molecule has 0 saturated heterocycles. The highest BCUT2D eigenvalue weighted by molar-refractivity contribution is 5.21. The smallest absolute Gasteiger partial charge is 0.159 e. The van der Waals surface area contributed by atoms with Crippen LogP contribution in [0, 0.1) is 18.6 Å². The number of benzene rings is 1. The molecule has 0 spiro atoms. The highest BCUT2D eigenvalue weighted by Gasteiger charge is 2.04. The second-order valence-corrected chi connectivity index (χ2v) is 2.57. The molecule has 1 rings (SSSR count). The van der Waals surface area contributed by atoms with Gasteiger partial charge in [-0.1, -0.05) is 13.0 Å². The SMILES string of the molecule is [CH2]C(C)c1ccc(F)c(F)c1. The lowest BCUT2D eigenvalue weighted by atomic mass is 10.0. The van der Waals surface area contributed by atoms with Crippen molar-refractivity contribution in [3.63, 3.8) is 0 Å². The summed E-state index contributed by atoms with van der Waals surface area (Å²) < 4.78 is 24.9. The molecule has 0 saturated carbocycles. The van der Waals surface area contributed by atoms with Crippen molar-refractivity contribution in [1.82, 2.24) is 0 Å². The summed E-state index contributed by atoms with van der Waals surface area (Å²) in [6, 6.07) is 3.83. The summed E-state index contributed by atoms with van der Waals surface area (Å²) in [5.74, 6) is -1.63. The fourth-order valence-electron chi connectivity index (χ4n) is 0.819. The third kappa shape index (κ3) is 1.76. The summed E-state index contributed by atoms with van der Waals surface area (Å²) in [7, 11) is 0. The van der Waals surface area contributed by atoms with Gasteiger partial charge >= 0.3 is 0 Å². The number of rotatable bonds is 1. The van der Waals surface area contributed by atoms with E-state index >= 15 is 0 Å². The molecule has 0 bridgehead atoms. The summed E-state index contributed by atoms with van der Waals surface area (Å²) in [5, 5.41) is 0. The Morgan fingerprint density at radius 2 is 1.91 bits per heavy atom. The lowest BCUT2D eigenvalue weighted by molar-refractivity contribution is 0.506. The number of hydrogen-bond acceptors (Lipinski definition) is 0. The third-order valence-electron chi connectivity index (χ3n) is 1.51. The third-order valence-corrected chi connectivity index (χ3v) is 1.51. The molecule has 0 aliphatic carbocycles. The highest BCUT2D eigenvalue weighted by atomic mass is 19.2. The van der Waals surface area contributed by atoms with Crippen LogP contribution in [0.2, 0.25) is 0 Å². The summed E-state index contributed by atoms with van der Waals surface area (Å²) >= 11 is 0. The normalized spacial score (nSPS) is 10.6. The van der Waals surface area contributed by atoms with Crippen molar-refractivity contribution in [3.8, 4) is 0 Å². The Labute approximate surface area is 64.9 Å². The van der Waals surface area contributed by atoms with Crippen LogP contribution in [-0.4, -0.2) is 0 Å². The van der Waals surface area contributed by atoms with Crippen LogP contribution in [0.5, 0.6) is 0 Å². The highest BCUT2D eigenvalue weighted by Crippen LogP contribution is 2.16. The molecule has 0 N–H and O–H groups in total. The molecule has 1 aromatic rings. The first-order chi connectivity index (χ1) is 5.11. The Bertz CT molecular complexity index is 254. The van der Waals surface area contributed by atoms with Crippen molar-refractivity contribution in [1.29, 1.82) is 0 Å². The maximum absolute atomic E-state index is 12.5. The average molecular weight is 155 g/mol. The van der Waals surface area contributed by atoms with Gasteiger partial charge in [-0.3, -0.25) is 0 Å². The van der Waals surface area contributed by atoms with Gasteiger partial charge in [-0.15, -0.1) is 0 Å². The van der Waals surface area contributed by atoms with Crippen LogP contribution in [0.3, 0.4) is 0 Å². The molecule has 0 nitrogen and oxygen atoms in total. The van der Waals surface area contributed by atoms with Crippen molar-refractivity contribution in [2.24, 2.45) is 0 Å². The van der Waals surface area contributed by atoms with Crippen LogP contribution in [0.1, 0.15) is 18.4 Å². The fraction of sp³-hybridized carbons (Fsp3) is 0.222. The molecule has 1 unspecified atom stereocenters. The summed E-state index contributed by atoms with van der Waals surface area (Å²) in [6.45, 7) is 5.52. The van der Waals surface area contributed by atoms with E-state index in [0.717, 1.165) is 6.07 Å². The lowest BCUT2D eigenvalue weighted by Crippen LogP contribution is -1.91. The van der Waals surface area contributed by atoms with Crippen molar-refractivity contribution >= 4 is 0 Å². The molecule has 1 atom stereocenters. The Morgan fingerprint density at radius 1 is 1.27 bits per heavy atom. The van der Waals surface area contributed by atoms with E-state index in [-0.39, 0.29) is 5.92 Å². The van der Waals surface area contributed by atoms with E-state index in [1.807, 2.05) is 6.92 Å². The molecular formula is C9H9F2. The number of halogens is 2. The molecule has 1 radical (unpaired) electrons. The summed E-state index contributed by atoms with van der Waals surface area (Å²) in [4.78, 5) is 0. The van der Waals surface area contributed by atoms with E-state index < -0.39 is 11.6 Å². The van der Waals surface area contributed by atoms with Gasteiger partial charge in [0, 0.05) is 0 Å². The zero-order chi connectivity index (χ0) is 8.43. The van der Waals surface area contributed by atoms with E-state index in [9.17, 15) is 8.78 Å². The quantitative estimate of drug-likeness (QED) is 0.585. The molecule has 11 heavy (non-hydrogen) atoms. The Kier molecular flexibility index (Phi) is 2.22. The zero-order valence-corrected chi connectivity index (χ0v) is 6.27. The first kappa shape index (κ1) is 8.18. The van der Waals surface area contributed by atoms with E-state index in [4.69, 9.17) is 0 Å². The molecule has 59 valence electrons. The van der Waals surface area contributed by atoms with Crippen LogP contribution in [-0.2, 0) is 0 Å². The van der Waals surface area contributed by atoms with Crippen molar-refractivity contribution in [2.45, 2.75) is 12.8 Å². The second kappa shape index (κ2) is 2.99. The molecule has 0 aliphatic heterocycles. The van der Waals surface area contributed by atoms with Crippen LogP contribution in [0.25, 0.3) is 0 Å². The van der Waals surface area contributed by atoms with Gasteiger partial charge in [-0.25, -0.2) is 8.78 Å². The summed E-state index contributed by atoms with van der Waals surface area (Å²) in [5.41, 5.74) is 0.712. The molecule has 0 aliphatic rings. The van der Waals surface area contributed by atoms with Crippen molar-refractivity contribution in [2.75, 3.05) is 0 Å². The van der Waals surface area contributed by atoms with Gasteiger partial charge in [-0.05, 0) is 30.5 Å². The van der Waals surface area contributed by atoms with E-state index in [0.29, 0.717) is 5.56 Å². The minimum atomic E-state index is -0.811. The van der Waals surface area contributed by atoms with Crippen molar-refractivity contribution < 1.29 is 8.78 Å². The molecule has 2 heteroatoms.